The molecule has 1 fully saturated rings. The van der Waals surface area contributed by atoms with E-state index in [2.05, 4.69) is 12.2 Å². The largest absolute Gasteiger partial charge is 0.381 e. The van der Waals surface area contributed by atoms with Crippen molar-refractivity contribution < 1.29 is 4.74 Å². The Hall–Kier alpha value is -0.0800. The Morgan fingerprint density at radius 2 is 2.15 bits per heavy atom. The number of hydrogen-bond acceptors (Lipinski definition) is 2. The van der Waals surface area contributed by atoms with Crippen molar-refractivity contribution >= 4 is 0 Å². The van der Waals surface area contributed by atoms with Crippen LogP contribution in [0.5, 0.6) is 0 Å². The quantitative estimate of drug-likeness (QED) is 0.585. The lowest BCUT2D eigenvalue weighted by molar-refractivity contribution is 0.120. The van der Waals surface area contributed by atoms with E-state index >= 15 is 0 Å². The van der Waals surface area contributed by atoms with Crippen LogP contribution in [0.4, 0.5) is 0 Å². The van der Waals surface area contributed by atoms with Gasteiger partial charge in [-0.25, -0.2) is 0 Å². The summed E-state index contributed by atoms with van der Waals surface area (Å²) in [6, 6.07) is 0.656. The van der Waals surface area contributed by atoms with Gasteiger partial charge in [0, 0.05) is 19.3 Å². The van der Waals surface area contributed by atoms with Gasteiger partial charge in [-0.2, -0.15) is 0 Å². The Morgan fingerprint density at radius 1 is 1.38 bits per heavy atom. The van der Waals surface area contributed by atoms with Crippen LogP contribution in [0.2, 0.25) is 0 Å². The summed E-state index contributed by atoms with van der Waals surface area (Å²) in [6.45, 7) is 4.21. The van der Waals surface area contributed by atoms with E-state index in [1.165, 1.54) is 32.1 Å². The van der Waals surface area contributed by atoms with Gasteiger partial charge in [0.15, 0.2) is 0 Å². The zero-order chi connectivity index (χ0) is 9.52. The molecule has 2 nitrogen and oxygen atoms in total. The van der Waals surface area contributed by atoms with E-state index < -0.39 is 0 Å². The molecule has 1 saturated carbocycles. The second kappa shape index (κ2) is 6.39. The summed E-state index contributed by atoms with van der Waals surface area (Å²) < 4.78 is 5.55. The van der Waals surface area contributed by atoms with Crippen molar-refractivity contribution in [2.75, 3.05) is 20.3 Å². The molecule has 1 N–H and O–H groups in total. The average molecular weight is 185 g/mol. The highest BCUT2D eigenvalue weighted by molar-refractivity contribution is 4.71. The first kappa shape index (κ1) is 11.0. The SMILES string of the molecule is CNC(C)CCCCOCC1CC1. The maximum absolute atomic E-state index is 5.55. The molecule has 1 aliphatic rings. The van der Waals surface area contributed by atoms with Crippen molar-refractivity contribution in [3.63, 3.8) is 0 Å². The molecule has 0 aliphatic heterocycles. The molecule has 1 unspecified atom stereocenters. The van der Waals surface area contributed by atoms with Crippen molar-refractivity contribution in [3.8, 4) is 0 Å². The van der Waals surface area contributed by atoms with E-state index in [4.69, 9.17) is 4.74 Å². The molecule has 0 amide bonds. The smallest absolute Gasteiger partial charge is 0.0494 e. The zero-order valence-corrected chi connectivity index (χ0v) is 9.01. The van der Waals surface area contributed by atoms with Crippen LogP contribution >= 0.6 is 0 Å². The van der Waals surface area contributed by atoms with Gasteiger partial charge in [-0.1, -0.05) is 0 Å². The third-order valence-electron chi connectivity index (χ3n) is 2.72. The third-order valence-corrected chi connectivity index (χ3v) is 2.72. The van der Waals surface area contributed by atoms with Crippen molar-refractivity contribution in [1.29, 1.82) is 0 Å². The minimum absolute atomic E-state index is 0.656. The van der Waals surface area contributed by atoms with Gasteiger partial charge in [0.1, 0.15) is 0 Å². The van der Waals surface area contributed by atoms with Crippen LogP contribution < -0.4 is 5.32 Å². The Kier molecular flexibility index (Phi) is 5.40. The molecule has 0 saturated heterocycles. The van der Waals surface area contributed by atoms with Crippen LogP contribution in [-0.4, -0.2) is 26.3 Å². The molecule has 0 heterocycles. The summed E-state index contributed by atoms with van der Waals surface area (Å²) in [4.78, 5) is 0. The van der Waals surface area contributed by atoms with Crippen molar-refractivity contribution in [2.24, 2.45) is 5.92 Å². The molecular weight excluding hydrogens is 162 g/mol. The van der Waals surface area contributed by atoms with Gasteiger partial charge in [-0.05, 0) is 52.0 Å². The van der Waals surface area contributed by atoms with Gasteiger partial charge in [0.2, 0.25) is 0 Å². The van der Waals surface area contributed by atoms with Gasteiger partial charge in [-0.3, -0.25) is 0 Å². The second-order valence-corrected chi connectivity index (χ2v) is 4.20. The van der Waals surface area contributed by atoms with E-state index in [1.807, 2.05) is 7.05 Å². The molecule has 1 rings (SSSR count). The van der Waals surface area contributed by atoms with Gasteiger partial charge < -0.3 is 10.1 Å². The average Bonchev–Trinajstić information content (AvgIpc) is 2.94. The molecule has 0 aromatic rings. The first-order chi connectivity index (χ1) is 6.33. The van der Waals surface area contributed by atoms with Gasteiger partial charge >= 0.3 is 0 Å². The number of unbranched alkanes of at least 4 members (excludes halogenated alkanes) is 1. The van der Waals surface area contributed by atoms with Crippen LogP contribution in [-0.2, 0) is 4.74 Å². The molecule has 0 aromatic carbocycles. The van der Waals surface area contributed by atoms with Crippen molar-refractivity contribution in [3.05, 3.63) is 0 Å². The summed E-state index contributed by atoms with van der Waals surface area (Å²) >= 11 is 0. The Balaban J connectivity index is 1.72. The van der Waals surface area contributed by atoms with Gasteiger partial charge in [-0.15, -0.1) is 0 Å². The van der Waals surface area contributed by atoms with Crippen LogP contribution in [0.3, 0.4) is 0 Å². The normalized spacial score (nSPS) is 18.9. The lowest BCUT2D eigenvalue weighted by Gasteiger charge is -2.09. The minimum atomic E-state index is 0.656. The number of hydrogen-bond donors (Lipinski definition) is 1. The van der Waals surface area contributed by atoms with Gasteiger partial charge in [0.25, 0.3) is 0 Å². The highest BCUT2D eigenvalue weighted by Gasteiger charge is 2.20. The maximum atomic E-state index is 5.55. The number of nitrogens with one attached hydrogen (secondary N) is 1. The fraction of sp³-hybridized carbons (Fsp3) is 1.00. The van der Waals surface area contributed by atoms with Gasteiger partial charge in [0.05, 0.1) is 0 Å². The van der Waals surface area contributed by atoms with E-state index in [1.54, 1.807) is 0 Å². The highest BCUT2D eigenvalue weighted by atomic mass is 16.5. The van der Waals surface area contributed by atoms with E-state index in [-0.39, 0.29) is 0 Å². The lowest BCUT2D eigenvalue weighted by Crippen LogP contribution is -2.20. The second-order valence-electron chi connectivity index (χ2n) is 4.20. The summed E-state index contributed by atoms with van der Waals surface area (Å²) in [5, 5.41) is 3.24. The zero-order valence-electron chi connectivity index (χ0n) is 9.01. The number of rotatable bonds is 8. The van der Waals surface area contributed by atoms with Crippen LogP contribution in [0.15, 0.2) is 0 Å². The van der Waals surface area contributed by atoms with E-state index in [0.717, 1.165) is 19.1 Å². The fourth-order valence-corrected chi connectivity index (χ4v) is 1.33. The summed E-state index contributed by atoms with van der Waals surface area (Å²) in [5.74, 6) is 0.913. The first-order valence-corrected chi connectivity index (χ1v) is 5.58. The summed E-state index contributed by atoms with van der Waals surface area (Å²) in [6.07, 6.45) is 6.57. The molecule has 0 aromatic heterocycles. The monoisotopic (exact) mass is 185 g/mol. The van der Waals surface area contributed by atoms with Crippen LogP contribution in [0, 0.1) is 5.92 Å². The highest BCUT2D eigenvalue weighted by Crippen LogP contribution is 2.28. The third kappa shape index (κ3) is 6.05. The van der Waals surface area contributed by atoms with E-state index in [9.17, 15) is 0 Å². The molecule has 0 bridgehead atoms. The van der Waals surface area contributed by atoms with Crippen LogP contribution in [0.1, 0.15) is 39.0 Å². The van der Waals surface area contributed by atoms with Crippen molar-refractivity contribution in [1.82, 2.24) is 5.32 Å². The molecule has 1 atom stereocenters. The molecular formula is C11H23NO. The fourth-order valence-electron chi connectivity index (χ4n) is 1.33. The number of ether oxygens (including phenoxy) is 1. The van der Waals surface area contributed by atoms with Crippen LogP contribution in [0.25, 0.3) is 0 Å². The summed E-state index contributed by atoms with van der Waals surface area (Å²) in [5.41, 5.74) is 0. The Labute approximate surface area is 82.0 Å². The molecule has 13 heavy (non-hydrogen) atoms. The lowest BCUT2D eigenvalue weighted by atomic mass is 10.1. The molecule has 78 valence electrons. The Bertz CT molecular complexity index is 123. The molecule has 0 radical (unpaired) electrons. The molecule has 1 aliphatic carbocycles. The predicted molar refractivity (Wildman–Crippen MR) is 55.9 cm³/mol. The van der Waals surface area contributed by atoms with Crippen molar-refractivity contribution in [2.45, 2.75) is 45.1 Å². The molecule has 0 spiro atoms. The standard InChI is InChI=1S/C11H23NO/c1-10(12-2)5-3-4-8-13-9-11-6-7-11/h10-12H,3-9H2,1-2H3. The molecule has 2 heteroatoms. The predicted octanol–water partition coefficient (Wildman–Crippen LogP) is 2.19. The Morgan fingerprint density at radius 3 is 2.77 bits per heavy atom. The topological polar surface area (TPSA) is 21.3 Å². The van der Waals surface area contributed by atoms with E-state index in [0.29, 0.717) is 6.04 Å². The maximum Gasteiger partial charge on any atom is 0.0494 e. The minimum Gasteiger partial charge on any atom is -0.381 e. The first-order valence-electron chi connectivity index (χ1n) is 5.58. The summed E-state index contributed by atoms with van der Waals surface area (Å²) in [7, 11) is 2.02.